The van der Waals surface area contributed by atoms with Crippen LogP contribution in [-0.2, 0) is 11.0 Å². The van der Waals surface area contributed by atoms with Crippen molar-refractivity contribution < 1.29 is 32.9 Å². The molecule has 1 heterocycles. The number of hydrogen-bond donors (Lipinski definition) is 3. The number of rotatable bonds is 5. The highest BCUT2D eigenvalue weighted by molar-refractivity contribution is 5.72. The lowest BCUT2D eigenvalue weighted by Crippen LogP contribution is -2.39. The summed E-state index contributed by atoms with van der Waals surface area (Å²) in [4.78, 5) is 14.7. The number of halogens is 3. The van der Waals surface area contributed by atoms with E-state index in [-0.39, 0.29) is 37.8 Å². The van der Waals surface area contributed by atoms with Gasteiger partial charge in [0.1, 0.15) is 0 Å². The van der Waals surface area contributed by atoms with Crippen molar-refractivity contribution in [2.75, 3.05) is 13.2 Å². The van der Waals surface area contributed by atoms with Gasteiger partial charge in [0.2, 0.25) is 11.8 Å². The Morgan fingerprint density at radius 3 is 2.46 bits per heavy atom. The molecule has 1 fully saturated rings. The number of hydrogen-bond acceptors (Lipinski definition) is 5. The fraction of sp³-hybridized carbons (Fsp3) is 0.600. The smallest absolute Gasteiger partial charge is 0.417 e. The van der Waals surface area contributed by atoms with Crippen molar-refractivity contribution in [1.29, 1.82) is 0 Å². The maximum atomic E-state index is 12.5. The van der Waals surface area contributed by atoms with Crippen molar-refractivity contribution >= 4 is 5.91 Å². The van der Waals surface area contributed by atoms with Gasteiger partial charge in [-0.2, -0.15) is 13.2 Å². The number of nitrogens with zero attached hydrogens (tertiary/aromatic N) is 1. The molecule has 0 spiro atoms. The summed E-state index contributed by atoms with van der Waals surface area (Å²) in [5.74, 6) is -0.265. The van der Waals surface area contributed by atoms with E-state index >= 15 is 0 Å². The highest BCUT2D eigenvalue weighted by atomic mass is 19.4. The summed E-state index contributed by atoms with van der Waals surface area (Å²) >= 11 is 0. The molecule has 1 aromatic heterocycles. The number of aliphatic hydroxyl groups is 2. The molecular formula is C15H19F3N2O4. The second-order valence-electron chi connectivity index (χ2n) is 6.12. The van der Waals surface area contributed by atoms with Crippen molar-refractivity contribution in [2.45, 2.75) is 38.1 Å². The maximum Gasteiger partial charge on any atom is 0.417 e. The van der Waals surface area contributed by atoms with Crippen molar-refractivity contribution in [2.24, 2.45) is 5.41 Å². The lowest BCUT2D eigenvalue weighted by atomic mass is 9.86. The Balaban J connectivity index is 2.04. The number of aliphatic hydroxyl groups excluding tert-OH is 2. The van der Waals surface area contributed by atoms with Gasteiger partial charge in [0.15, 0.2) is 0 Å². The zero-order valence-corrected chi connectivity index (χ0v) is 13.0. The van der Waals surface area contributed by atoms with Crippen LogP contribution in [0.25, 0.3) is 0 Å². The van der Waals surface area contributed by atoms with E-state index in [0.29, 0.717) is 6.20 Å². The van der Waals surface area contributed by atoms with Crippen LogP contribution < -0.4 is 10.1 Å². The van der Waals surface area contributed by atoms with E-state index in [9.17, 15) is 28.2 Å². The molecule has 1 saturated carbocycles. The Hall–Kier alpha value is -1.87. The molecule has 0 bridgehead atoms. The minimum absolute atomic E-state index is 0.000234. The first-order valence-corrected chi connectivity index (χ1v) is 7.38. The number of carbonyl (C=O) groups is 1. The predicted molar refractivity (Wildman–Crippen MR) is 77.1 cm³/mol. The van der Waals surface area contributed by atoms with Crippen LogP contribution in [0, 0.1) is 5.41 Å². The number of nitrogens with one attached hydrogen (secondary N) is 1. The number of amides is 1. The highest BCUT2D eigenvalue weighted by Gasteiger charge is 2.45. The Kier molecular flexibility index (Phi) is 5.34. The molecule has 2 unspecified atom stereocenters. The quantitative estimate of drug-likeness (QED) is 0.742. The molecule has 1 amide bonds. The van der Waals surface area contributed by atoms with E-state index in [1.54, 1.807) is 0 Å². The molecule has 0 aliphatic heterocycles. The largest absolute Gasteiger partial charge is 0.477 e. The lowest BCUT2D eigenvalue weighted by molar-refractivity contribution is -0.137. The van der Waals surface area contributed by atoms with Crippen LogP contribution >= 0.6 is 0 Å². The van der Waals surface area contributed by atoms with Gasteiger partial charge in [-0.3, -0.25) is 4.79 Å². The molecule has 134 valence electrons. The second-order valence-corrected chi connectivity index (χ2v) is 6.12. The minimum Gasteiger partial charge on any atom is -0.477 e. The molecule has 1 aromatic rings. The summed E-state index contributed by atoms with van der Waals surface area (Å²) in [5.41, 5.74) is -1.59. The van der Waals surface area contributed by atoms with Gasteiger partial charge in [0, 0.05) is 31.1 Å². The van der Waals surface area contributed by atoms with Crippen LogP contribution in [-0.4, -0.2) is 46.5 Å². The first-order valence-electron chi connectivity index (χ1n) is 7.38. The molecule has 0 saturated heterocycles. The minimum atomic E-state index is -4.47. The topological polar surface area (TPSA) is 91.7 Å². The number of pyridine rings is 1. The summed E-state index contributed by atoms with van der Waals surface area (Å²) in [6.45, 7) is 1.52. The van der Waals surface area contributed by atoms with Crippen molar-refractivity contribution in [3.63, 3.8) is 0 Å². The molecule has 24 heavy (non-hydrogen) atoms. The van der Waals surface area contributed by atoms with Crippen LogP contribution in [0.2, 0.25) is 0 Å². The third-order valence-corrected chi connectivity index (χ3v) is 4.03. The molecule has 0 aromatic carbocycles. The first-order chi connectivity index (χ1) is 11.1. The standard InChI is InChI=1S/C15H19F3N2O4/c1-9(21)20-7-14(4-11(22)12(23)5-14)8-24-13-3-2-10(6-19-13)15(16,17)18/h2-3,6,11-12,22-23H,4-5,7-8H2,1H3,(H,20,21). The van der Waals surface area contributed by atoms with Gasteiger partial charge < -0.3 is 20.3 Å². The van der Waals surface area contributed by atoms with Crippen LogP contribution in [0.4, 0.5) is 13.2 Å². The average Bonchev–Trinajstić information content (AvgIpc) is 2.78. The normalized spacial score (nSPS) is 27.1. The van der Waals surface area contributed by atoms with E-state index in [0.717, 1.165) is 12.1 Å². The summed E-state index contributed by atoms with van der Waals surface area (Å²) in [6.07, 6.45) is -5.28. The fourth-order valence-corrected chi connectivity index (χ4v) is 2.73. The maximum absolute atomic E-state index is 12.5. The van der Waals surface area contributed by atoms with E-state index in [2.05, 4.69) is 10.3 Å². The Labute approximate surface area is 136 Å². The molecule has 9 heteroatoms. The van der Waals surface area contributed by atoms with E-state index in [4.69, 9.17) is 4.74 Å². The van der Waals surface area contributed by atoms with Crippen molar-refractivity contribution in [3.8, 4) is 5.88 Å². The zero-order valence-electron chi connectivity index (χ0n) is 13.0. The molecule has 1 aliphatic rings. The predicted octanol–water partition coefficient (Wildman–Crippen LogP) is 1.12. The molecule has 1 aliphatic carbocycles. The van der Waals surface area contributed by atoms with Crippen LogP contribution in [0.3, 0.4) is 0 Å². The summed E-state index contributed by atoms with van der Waals surface area (Å²) in [5, 5.41) is 22.1. The molecule has 0 radical (unpaired) electrons. The van der Waals surface area contributed by atoms with Gasteiger partial charge in [-0.1, -0.05) is 0 Å². The molecular weight excluding hydrogens is 329 g/mol. The van der Waals surface area contributed by atoms with Gasteiger partial charge in [0.25, 0.3) is 0 Å². The number of alkyl halides is 3. The SMILES string of the molecule is CC(=O)NCC1(COc2ccc(C(F)(F)F)cn2)CC(O)C(O)C1. The van der Waals surface area contributed by atoms with Gasteiger partial charge in [-0.05, 0) is 18.9 Å². The van der Waals surface area contributed by atoms with Crippen LogP contribution in [0.15, 0.2) is 18.3 Å². The molecule has 2 rings (SSSR count). The average molecular weight is 348 g/mol. The Morgan fingerprint density at radius 1 is 1.38 bits per heavy atom. The van der Waals surface area contributed by atoms with Gasteiger partial charge in [-0.25, -0.2) is 4.98 Å². The number of carbonyl (C=O) groups excluding carboxylic acids is 1. The molecule has 2 atom stereocenters. The van der Waals surface area contributed by atoms with Gasteiger partial charge in [-0.15, -0.1) is 0 Å². The summed E-state index contributed by atoms with van der Waals surface area (Å²) in [7, 11) is 0. The highest BCUT2D eigenvalue weighted by Crippen LogP contribution is 2.38. The zero-order chi connectivity index (χ0) is 18.0. The first kappa shape index (κ1) is 18.5. The van der Waals surface area contributed by atoms with Gasteiger partial charge >= 0.3 is 6.18 Å². The third-order valence-electron chi connectivity index (χ3n) is 4.03. The van der Waals surface area contributed by atoms with E-state index in [1.165, 1.54) is 6.92 Å². The fourth-order valence-electron chi connectivity index (χ4n) is 2.73. The number of ether oxygens (including phenoxy) is 1. The molecule has 6 nitrogen and oxygen atoms in total. The van der Waals surface area contributed by atoms with Crippen LogP contribution in [0.1, 0.15) is 25.3 Å². The van der Waals surface area contributed by atoms with E-state index in [1.807, 2.05) is 0 Å². The van der Waals surface area contributed by atoms with E-state index < -0.39 is 29.4 Å². The van der Waals surface area contributed by atoms with Gasteiger partial charge in [0.05, 0.1) is 24.4 Å². The third kappa shape index (κ3) is 4.57. The van der Waals surface area contributed by atoms with Crippen molar-refractivity contribution in [3.05, 3.63) is 23.9 Å². The lowest BCUT2D eigenvalue weighted by Gasteiger charge is -2.28. The van der Waals surface area contributed by atoms with Crippen LogP contribution in [0.5, 0.6) is 5.88 Å². The summed E-state index contributed by atoms with van der Waals surface area (Å²) < 4.78 is 42.9. The summed E-state index contributed by atoms with van der Waals surface area (Å²) in [6, 6.07) is 1.97. The second kappa shape index (κ2) is 6.94. The Bertz CT molecular complexity index is 567. The number of aromatic nitrogens is 1. The monoisotopic (exact) mass is 348 g/mol. The van der Waals surface area contributed by atoms with Crippen molar-refractivity contribution in [1.82, 2.24) is 10.3 Å². The Morgan fingerprint density at radius 2 is 2.00 bits per heavy atom. The molecule has 3 N–H and O–H groups in total.